The molecule has 0 saturated heterocycles. The van der Waals surface area contributed by atoms with Crippen molar-refractivity contribution in [3.8, 4) is 17.6 Å². The quantitative estimate of drug-likeness (QED) is 0.396. The van der Waals surface area contributed by atoms with Gasteiger partial charge in [-0.05, 0) is 66.0 Å². The predicted molar refractivity (Wildman–Crippen MR) is 106 cm³/mol. The molecule has 0 aliphatic rings. The Bertz CT molecular complexity index is 842. The second-order valence-electron chi connectivity index (χ2n) is 5.75. The van der Waals surface area contributed by atoms with Gasteiger partial charge < -0.3 is 9.47 Å². The molecule has 0 aromatic heterocycles. The van der Waals surface area contributed by atoms with Crippen molar-refractivity contribution < 1.29 is 13.9 Å². The minimum absolute atomic E-state index is 0.0417. The lowest BCUT2D eigenvalue weighted by Crippen LogP contribution is -2.11. The fourth-order valence-electron chi connectivity index (χ4n) is 2.35. The summed E-state index contributed by atoms with van der Waals surface area (Å²) in [5.41, 5.74) is 1.23. The van der Waals surface area contributed by atoms with Crippen molar-refractivity contribution in [2.24, 2.45) is 0 Å². The summed E-state index contributed by atoms with van der Waals surface area (Å²) in [5.74, 6) is 0.781. The third-order valence-electron chi connectivity index (χ3n) is 3.82. The summed E-state index contributed by atoms with van der Waals surface area (Å²) in [5, 5.41) is 9.46. The van der Waals surface area contributed by atoms with Crippen LogP contribution in [0.15, 0.2) is 40.9 Å². The predicted octanol–water partition coefficient (Wildman–Crippen LogP) is 6.23. The number of allylic oxidation sites excluding steroid dienone is 1. The van der Waals surface area contributed by atoms with Gasteiger partial charge >= 0.3 is 0 Å². The van der Waals surface area contributed by atoms with Crippen LogP contribution in [0.2, 0.25) is 0 Å². The van der Waals surface area contributed by atoms with Crippen LogP contribution < -0.4 is 9.47 Å². The number of ether oxygens (including phenoxy) is 2. The first kappa shape index (κ1) is 20.0. The van der Waals surface area contributed by atoms with Crippen LogP contribution in [-0.4, -0.2) is 12.7 Å². The maximum Gasteiger partial charge on any atom is 0.175 e. The van der Waals surface area contributed by atoms with Gasteiger partial charge in [-0.15, -0.1) is 0 Å². The number of halogens is 2. The molecule has 0 heterocycles. The van der Waals surface area contributed by atoms with Crippen LogP contribution in [0.4, 0.5) is 4.39 Å². The fraction of sp³-hybridized carbons (Fsp3) is 0.286. The normalized spacial score (nSPS) is 12.4. The van der Waals surface area contributed by atoms with Crippen molar-refractivity contribution in [3.05, 3.63) is 57.8 Å². The average molecular weight is 418 g/mol. The molecule has 5 heteroatoms. The van der Waals surface area contributed by atoms with Crippen molar-refractivity contribution >= 4 is 27.6 Å². The Morgan fingerprint density at radius 3 is 2.65 bits per heavy atom. The van der Waals surface area contributed by atoms with E-state index in [4.69, 9.17) is 9.47 Å². The zero-order valence-corrected chi connectivity index (χ0v) is 16.6. The number of rotatable bonds is 7. The van der Waals surface area contributed by atoms with E-state index in [1.54, 1.807) is 30.3 Å². The van der Waals surface area contributed by atoms with E-state index in [2.05, 4.69) is 22.0 Å². The highest BCUT2D eigenvalue weighted by Crippen LogP contribution is 2.38. The molecule has 1 unspecified atom stereocenters. The van der Waals surface area contributed by atoms with Crippen molar-refractivity contribution in [2.75, 3.05) is 6.61 Å². The van der Waals surface area contributed by atoms with Crippen molar-refractivity contribution in [1.29, 1.82) is 5.26 Å². The lowest BCUT2D eigenvalue weighted by atomic mass is 10.0. The van der Waals surface area contributed by atoms with E-state index < -0.39 is 5.82 Å². The molecule has 0 amide bonds. The second kappa shape index (κ2) is 9.40. The van der Waals surface area contributed by atoms with Crippen LogP contribution in [0.1, 0.15) is 38.3 Å². The van der Waals surface area contributed by atoms with Crippen LogP contribution in [0, 0.1) is 17.1 Å². The Hall–Kier alpha value is -2.32. The summed E-state index contributed by atoms with van der Waals surface area (Å²) >= 11 is 3.52. The fourth-order valence-corrected chi connectivity index (χ4v) is 2.90. The summed E-state index contributed by atoms with van der Waals surface area (Å²) in [7, 11) is 0. The molecule has 2 aromatic rings. The summed E-state index contributed by atoms with van der Waals surface area (Å²) in [4.78, 5) is 0. The summed E-state index contributed by atoms with van der Waals surface area (Å²) < 4.78 is 26.4. The molecule has 0 aliphatic heterocycles. The maximum absolute atomic E-state index is 14.0. The van der Waals surface area contributed by atoms with E-state index in [-0.39, 0.29) is 17.2 Å². The lowest BCUT2D eigenvalue weighted by molar-refractivity contribution is 0.202. The van der Waals surface area contributed by atoms with Crippen molar-refractivity contribution in [3.63, 3.8) is 0 Å². The molecule has 2 rings (SSSR count). The Balaban J connectivity index is 2.49. The van der Waals surface area contributed by atoms with Crippen LogP contribution in [-0.2, 0) is 0 Å². The van der Waals surface area contributed by atoms with Gasteiger partial charge in [0, 0.05) is 5.56 Å². The van der Waals surface area contributed by atoms with E-state index in [1.807, 2.05) is 26.8 Å². The SMILES string of the molecule is CCOc1cc(C=C(C#N)c2ccccc2F)cc(Br)c1OC(C)CC. The first-order valence-corrected chi connectivity index (χ1v) is 9.29. The lowest BCUT2D eigenvalue weighted by Gasteiger charge is -2.18. The molecule has 1 atom stereocenters. The molecular formula is C21H21BrFNO2. The molecule has 3 nitrogen and oxygen atoms in total. The molecular weight excluding hydrogens is 397 g/mol. The largest absolute Gasteiger partial charge is 0.490 e. The van der Waals surface area contributed by atoms with Gasteiger partial charge in [0.15, 0.2) is 11.5 Å². The van der Waals surface area contributed by atoms with Crippen LogP contribution in [0.3, 0.4) is 0 Å². The third-order valence-corrected chi connectivity index (χ3v) is 4.41. The van der Waals surface area contributed by atoms with Crippen LogP contribution in [0.25, 0.3) is 11.6 Å². The van der Waals surface area contributed by atoms with E-state index in [0.29, 0.717) is 18.1 Å². The zero-order chi connectivity index (χ0) is 19.1. The Kier molecular flexibility index (Phi) is 7.23. The third kappa shape index (κ3) is 4.86. The van der Waals surface area contributed by atoms with E-state index in [0.717, 1.165) is 16.5 Å². The number of hydrogen-bond donors (Lipinski definition) is 0. The minimum atomic E-state index is -0.430. The van der Waals surface area contributed by atoms with Gasteiger partial charge in [0.2, 0.25) is 0 Å². The molecule has 136 valence electrons. The zero-order valence-electron chi connectivity index (χ0n) is 15.1. The topological polar surface area (TPSA) is 42.2 Å². The monoisotopic (exact) mass is 417 g/mol. The molecule has 2 aromatic carbocycles. The Labute approximate surface area is 162 Å². The van der Waals surface area contributed by atoms with Gasteiger partial charge in [-0.25, -0.2) is 4.39 Å². The number of nitriles is 1. The standard InChI is InChI=1S/C21H21BrFNO2/c1-4-14(3)26-21-18(22)11-15(12-20(21)25-5-2)10-16(13-24)17-8-6-7-9-19(17)23/h6-12,14H,4-5H2,1-3H3. The minimum Gasteiger partial charge on any atom is -0.490 e. The Morgan fingerprint density at radius 2 is 2.04 bits per heavy atom. The molecule has 0 fully saturated rings. The number of benzene rings is 2. The summed E-state index contributed by atoms with van der Waals surface area (Å²) in [6.07, 6.45) is 2.55. The van der Waals surface area contributed by atoms with Gasteiger partial charge in [-0.2, -0.15) is 5.26 Å². The number of hydrogen-bond acceptors (Lipinski definition) is 3. The van der Waals surface area contributed by atoms with Gasteiger partial charge in [-0.1, -0.05) is 25.1 Å². The first-order chi connectivity index (χ1) is 12.5. The van der Waals surface area contributed by atoms with Crippen LogP contribution >= 0.6 is 15.9 Å². The smallest absolute Gasteiger partial charge is 0.175 e. The highest BCUT2D eigenvalue weighted by Gasteiger charge is 2.15. The molecule has 26 heavy (non-hydrogen) atoms. The van der Waals surface area contributed by atoms with Gasteiger partial charge in [0.05, 0.1) is 28.8 Å². The maximum atomic E-state index is 14.0. The van der Waals surface area contributed by atoms with Gasteiger partial charge in [-0.3, -0.25) is 0 Å². The van der Waals surface area contributed by atoms with Crippen LogP contribution in [0.5, 0.6) is 11.5 Å². The Morgan fingerprint density at radius 1 is 1.31 bits per heavy atom. The van der Waals surface area contributed by atoms with Gasteiger partial charge in [0.1, 0.15) is 5.82 Å². The molecule has 0 bridgehead atoms. The molecule has 0 spiro atoms. The van der Waals surface area contributed by atoms with E-state index in [9.17, 15) is 9.65 Å². The van der Waals surface area contributed by atoms with Gasteiger partial charge in [0.25, 0.3) is 0 Å². The molecule has 0 saturated carbocycles. The summed E-state index contributed by atoms with van der Waals surface area (Å²) in [6.45, 7) is 6.41. The van der Waals surface area contributed by atoms with Crippen molar-refractivity contribution in [1.82, 2.24) is 0 Å². The van der Waals surface area contributed by atoms with E-state index in [1.165, 1.54) is 6.07 Å². The average Bonchev–Trinajstić information content (AvgIpc) is 2.63. The van der Waals surface area contributed by atoms with Crippen molar-refractivity contribution in [2.45, 2.75) is 33.3 Å². The second-order valence-corrected chi connectivity index (χ2v) is 6.60. The molecule has 0 radical (unpaired) electrons. The highest BCUT2D eigenvalue weighted by atomic mass is 79.9. The molecule has 0 aliphatic carbocycles. The van der Waals surface area contributed by atoms with E-state index >= 15 is 0 Å². The highest BCUT2D eigenvalue weighted by molar-refractivity contribution is 9.10. The first-order valence-electron chi connectivity index (χ1n) is 8.49. The molecule has 0 N–H and O–H groups in total. The number of nitrogens with zero attached hydrogens (tertiary/aromatic N) is 1. The summed E-state index contributed by atoms with van der Waals surface area (Å²) in [6, 6.07) is 11.9.